The lowest BCUT2D eigenvalue weighted by atomic mass is 9.89. The lowest BCUT2D eigenvalue weighted by molar-refractivity contribution is -0.171. The molecule has 1 saturated heterocycles. The highest BCUT2D eigenvalue weighted by Gasteiger charge is 2.49. The van der Waals surface area contributed by atoms with E-state index in [1.165, 1.54) is 10.9 Å². The Morgan fingerprint density at radius 1 is 1.29 bits per heavy atom. The van der Waals surface area contributed by atoms with Crippen LogP contribution in [0, 0.1) is 13.8 Å². The Labute approximate surface area is 163 Å². The summed E-state index contributed by atoms with van der Waals surface area (Å²) in [6.45, 7) is 6.51. The second-order valence-corrected chi connectivity index (χ2v) is 9.36. The zero-order valence-corrected chi connectivity index (χ0v) is 16.9. The zero-order valence-electron chi connectivity index (χ0n) is 16.1. The van der Waals surface area contributed by atoms with Gasteiger partial charge in [0.15, 0.2) is 11.6 Å². The van der Waals surface area contributed by atoms with Crippen LogP contribution in [-0.4, -0.2) is 43.6 Å². The molecule has 0 bridgehead atoms. The van der Waals surface area contributed by atoms with Gasteiger partial charge in [0, 0.05) is 36.0 Å². The number of rotatable bonds is 3. The molecule has 2 aliphatic heterocycles. The molecule has 0 radical (unpaired) electrons. The van der Waals surface area contributed by atoms with Gasteiger partial charge in [-0.1, -0.05) is 0 Å². The molecule has 28 heavy (non-hydrogen) atoms. The first kappa shape index (κ1) is 19.4. The fourth-order valence-corrected chi connectivity index (χ4v) is 6.17. The van der Waals surface area contributed by atoms with Gasteiger partial charge in [-0.25, -0.2) is 0 Å². The number of benzene rings is 1. The predicted octanol–water partition coefficient (Wildman–Crippen LogP) is 2.76. The number of nitrogens with zero attached hydrogens (tertiary/aromatic N) is 1. The molecular formula is C19H24N2O6S. The molecule has 2 aromatic rings. The van der Waals surface area contributed by atoms with Crippen LogP contribution in [0.5, 0.6) is 0 Å². The van der Waals surface area contributed by atoms with Gasteiger partial charge < -0.3 is 14.6 Å². The number of hydrogen-bond donors (Lipinski definition) is 3. The van der Waals surface area contributed by atoms with E-state index in [1.54, 1.807) is 19.9 Å². The van der Waals surface area contributed by atoms with E-state index in [4.69, 9.17) is 9.47 Å². The quantitative estimate of drug-likeness (QED) is 0.673. The van der Waals surface area contributed by atoms with Gasteiger partial charge in [0.2, 0.25) is 0 Å². The molecule has 0 aliphatic carbocycles. The third kappa shape index (κ3) is 2.69. The first-order valence-electron chi connectivity index (χ1n) is 9.23. The number of aryl methyl sites for hydroxylation is 2. The highest BCUT2D eigenvalue weighted by Crippen LogP contribution is 2.61. The van der Waals surface area contributed by atoms with Crippen molar-refractivity contribution < 1.29 is 23.4 Å². The summed E-state index contributed by atoms with van der Waals surface area (Å²) in [7, 11) is -3.02. The molecule has 0 amide bonds. The van der Waals surface area contributed by atoms with Crippen LogP contribution >= 0.6 is 10.6 Å². The number of ketones is 1. The zero-order chi connectivity index (χ0) is 20.3. The van der Waals surface area contributed by atoms with Crippen molar-refractivity contribution in [2.45, 2.75) is 44.4 Å². The van der Waals surface area contributed by atoms with Crippen molar-refractivity contribution in [2.75, 3.05) is 19.0 Å². The van der Waals surface area contributed by atoms with Crippen LogP contribution in [0.3, 0.4) is 0 Å². The van der Waals surface area contributed by atoms with Crippen molar-refractivity contribution in [3.63, 3.8) is 0 Å². The number of aromatic nitrogens is 2. The van der Waals surface area contributed by atoms with E-state index in [-0.39, 0.29) is 16.9 Å². The van der Waals surface area contributed by atoms with Crippen molar-refractivity contribution in [2.24, 2.45) is 0 Å². The summed E-state index contributed by atoms with van der Waals surface area (Å²) in [4.78, 5) is 26.0. The molecule has 0 saturated carbocycles. The molecule has 9 heteroatoms. The van der Waals surface area contributed by atoms with E-state index < -0.39 is 22.2 Å². The number of carbonyl (C=O) groups is 1. The van der Waals surface area contributed by atoms with Gasteiger partial charge in [-0.15, -0.1) is 0 Å². The molecule has 8 nitrogen and oxygen atoms in total. The van der Waals surface area contributed by atoms with Gasteiger partial charge in [-0.05, 0) is 38.0 Å². The van der Waals surface area contributed by atoms with Crippen molar-refractivity contribution in [1.29, 1.82) is 0 Å². The highest BCUT2D eigenvalue weighted by molar-refractivity contribution is 8.24. The number of aromatic amines is 1. The van der Waals surface area contributed by atoms with Crippen molar-refractivity contribution in [3.8, 4) is 0 Å². The first-order chi connectivity index (χ1) is 13.2. The van der Waals surface area contributed by atoms with E-state index >= 15 is 0 Å². The molecular weight excluding hydrogens is 384 g/mol. The van der Waals surface area contributed by atoms with Gasteiger partial charge in [-0.2, -0.15) is 10.6 Å². The van der Waals surface area contributed by atoms with Gasteiger partial charge in [0.25, 0.3) is 5.56 Å². The van der Waals surface area contributed by atoms with Crippen LogP contribution in [-0.2, 0) is 21.8 Å². The Hall–Kier alpha value is -1.91. The van der Waals surface area contributed by atoms with Crippen molar-refractivity contribution in [3.05, 3.63) is 50.4 Å². The van der Waals surface area contributed by atoms with Crippen LogP contribution in [0.25, 0.3) is 0 Å². The minimum absolute atomic E-state index is 0.0500. The third-order valence-corrected chi connectivity index (χ3v) is 7.50. The van der Waals surface area contributed by atoms with E-state index in [0.29, 0.717) is 53.3 Å². The van der Waals surface area contributed by atoms with Crippen LogP contribution in [0.1, 0.15) is 46.0 Å². The number of nitrogens with one attached hydrogen (secondary N) is 1. The van der Waals surface area contributed by atoms with E-state index in [2.05, 4.69) is 5.10 Å². The lowest BCUT2D eigenvalue weighted by Crippen LogP contribution is -2.37. The summed E-state index contributed by atoms with van der Waals surface area (Å²) < 4.78 is 34.5. The largest absolute Gasteiger partial charge is 0.343 e. The highest BCUT2D eigenvalue weighted by atomic mass is 32.3. The summed E-state index contributed by atoms with van der Waals surface area (Å²) in [6, 6.07) is 1.63. The monoisotopic (exact) mass is 408 g/mol. The fraction of sp³-hybridized carbons (Fsp3) is 0.474. The molecule has 3 heterocycles. The molecule has 4 rings (SSSR count). The predicted molar refractivity (Wildman–Crippen MR) is 104 cm³/mol. The molecule has 1 aromatic heterocycles. The minimum Gasteiger partial charge on any atom is -0.343 e. The minimum atomic E-state index is -3.02. The molecule has 3 N–H and O–H groups in total. The lowest BCUT2D eigenvalue weighted by Gasteiger charge is -2.46. The standard InChI is InChI=1S/C19H24N2O6S/c1-4-21-18(23)14(10-20-21)16(22)13-9-11(2)17-15(12(13)3)19(26-6-7-27-19)5-8-28(17,24)25/h9-10,20,24-25H,4-8H2,1-3H3. The van der Waals surface area contributed by atoms with Crippen LogP contribution in [0.4, 0.5) is 0 Å². The first-order valence-corrected chi connectivity index (χ1v) is 10.9. The number of hydrogen-bond acceptors (Lipinski definition) is 6. The molecule has 1 spiro atoms. The molecule has 1 aromatic carbocycles. The Balaban J connectivity index is 1.94. The summed E-state index contributed by atoms with van der Waals surface area (Å²) in [6.07, 6.45) is 1.71. The second kappa shape index (κ2) is 6.57. The van der Waals surface area contributed by atoms with Crippen LogP contribution in [0.15, 0.2) is 22.0 Å². The maximum atomic E-state index is 13.2. The number of ether oxygens (including phenoxy) is 2. The Kier molecular flexibility index (Phi) is 4.55. The fourth-order valence-electron chi connectivity index (χ4n) is 4.21. The third-order valence-electron chi connectivity index (χ3n) is 5.55. The maximum Gasteiger partial charge on any atom is 0.277 e. The summed E-state index contributed by atoms with van der Waals surface area (Å²) in [5, 5.41) is 2.79. The van der Waals surface area contributed by atoms with Crippen molar-refractivity contribution >= 4 is 16.4 Å². The SMILES string of the molecule is CCn1[nH]cc(C(=O)c2cc(C)c3c(c2C)C2(CCS3(O)O)OCCO2)c1=O. The molecule has 0 atom stereocenters. The second-order valence-electron chi connectivity index (χ2n) is 7.21. The van der Waals surface area contributed by atoms with Crippen LogP contribution in [0.2, 0.25) is 0 Å². The molecule has 1 fully saturated rings. The molecule has 152 valence electrons. The van der Waals surface area contributed by atoms with E-state index in [0.717, 1.165) is 0 Å². The topological polar surface area (TPSA) is 114 Å². The van der Waals surface area contributed by atoms with Gasteiger partial charge in [-0.3, -0.25) is 23.4 Å². The Morgan fingerprint density at radius 3 is 2.57 bits per heavy atom. The van der Waals surface area contributed by atoms with Crippen LogP contribution < -0.4 is 5.56 Å². The average molecular weight is 408 g/mol. The Bertz CT molecular complexity index is 1020. The summed E-state index contributed by atoms with van der Waals surface area (Å²) in [5.74, 6) is -1.34. The molecule has 2 aliphatic rings. The van der Waals surface area contributed by atoms with E-state index in [1.807, 2.05) is 6.92 Å². The summed E-state index contributed by atoms with van der Waals surface area (Å²) >= 11 is 0. The van der Waals surface area contributed by atoms with Gasteiger partial charge >= 0.3 is 0 Å². The smallest absolute Gasteiger partial charge is 0.277 e. The number of carbonyl (C=O) groups excluding carboxylic acids is 1. The van der Waals surface area contributed by atoms with Gasteiger partial charge in [0.05, 0.1) is 18.1 Å². The maximum absolute atomic E-state index is 13.2. The Morgan fingerprint density at radius 2 is 1.96 bits per heavy atom. The normalized spacial score (nSPS) is 20.9. The number of H-pyrrole nitrogens is 1. The summed E-state index contributed by atoms with van der Waals surface area (Å²) in [5.41, 5.74) is 1.66. The molecule has 0 unspecified atom stereocenters. The van der Waals surface area contributed by atoms with Crippen molar-refractivity contribution in [1.82, 2.24) is 9.78 Å². The van der Waals surface area contributed by atoms with E-state index in [9.17, 15) is 18.7 Å². The van der Waals surface area contributed by atoms with Gasteiger partial charge in [0.1, 0.15) is 5.56 Å². The average Bonchev–Trinajstić information content (AvgIpc) is 3.27. The number of fused-ring (bicyclic) bond motifs is 2.